The van der Waals surface area contributed by atoms with Gasteiger partial charge in [0.2, 0.25) is 0 Å². The molecule has 2 aromatic carbocycles. The second-order valence-corrected chi connectivity index (χ2v) is 11.8. The number of ether oxygens (including phenoxy) is 2. The molecule has 0 spiro atoms. The molecule has 2 aliphatic rings. The van der Waals surface area contributed by atoms with Gasteiger partial charge in [-0.25, -0.2) is 0 Å². The summed E-state index contributed by atoms with van der Waals surface area (Å²) in [4.78, 5) is 0. The summed E-state index contributed by atoms with van der Waals surface area (Å²) in [6.07, 6.45) is 13.6. The van der Waals surface area contributed by atoms with Gasteiger partial charge in [0.25, 0.3) is 0 Å². The van der Waals surface area contributed by atoms with Crippen LogP contribution in [0.4, 0.5) is 8.78 Å². The third-order valence-electron chi connectivity index (χ3n) is 8.88. The molecule has 0 amide bonds. The lowest BCUT2D eigenvalue weighted by Gasteiger charge is -2.29. The molecule has 0 saturated heterocycles. The summed E-state index contributed by atoms with van der Waals surface area (Å²) in [5.41, 5.74) is 3.54. The van der Waals surface area contributed by atoms with Gasteiger partial charge >= 0.3 is 6.11 Å². The first-order valence-electron chi connectivity index (χ1n) is 15.3. The third-order valence-corrected chi connectivity index (χ3v) is 8.88. The van der Waals surface area contributed by atoms with Gasteiger partial charge in [-0.05, 0) is 97.9 Å². The Bertz CT molecular complexity index is 924. The van der Waals surface area contributed by atoms with Crippen LogP contribution in [0, 0.1) is 11.8 Å². The molecule has 0 aliphatic heterocycles. The predicted octanol–water partition coefficient (Wildman–Crippen LogP) is 10.6. The van der Waals surface area contributed by atoms with E-state index in [2.05, 4.69) is 38.1 Å². The van der Waals surface area contributed by atoms with Crippen molar-refractivity contribution in [3.8, 4) is 16.9 Å². The van der Waals surface area contributed by atoms with Gasteiger partial charge < -0.3 is 9.47 Å². The van der Waals surface area contributed by atoms with Gasteiger partial charge in [0.05, 0.1) is 6.10 Å². The molecule has 0 radical (unpaired) electrons. The largest absolute Gasteiger partial charge is 0.431 e. The minimum Gasteiger partial charge on any atom is -0.431 e. The normalized spacial score (nSPS) is 24.3. The fourth-order valence-corrected chi connectivity index (χ4v) is 6.54. The first-order chi connectivity index (χ1) is 18.5. The number of hydrogen-bond acceptors (Lipinski definition) is 2. The number of benzene rings is 2. The van der Waals surface area contributed by atoms with Crippen LogP contribution < -0.4 is 4.74 Å². The highest BCUT2D eigenvalue weighted by atomic mass is 19.3. The van der Waals surface area contributed by atoms with Crippen molar-refractivity contribution in [1.82, 2.24) is 0 Å². The van der Waals surface area contributed by atoms with Gasteiger partial charge in [0.15, 0.2) is 6.61 Å². The number of unbranched alkanes of at least 4 members (excludes halogenated alkanes) is 2. The SMILES string of the molecule is CCCCCC1CCC(c2ccc(-c3ccc(OC(F)(F)COC4CCC(CCC)CC4)cc3)cc2)CC1. The summed E-state index contributed by atoms with van der Waals surface area (Å²) in [5, 5.41) is 0. The van der Waals surface area contributed by atoms with Crippen LogP contribution in [0.5, 0.6) is 5.75 Å². The van der Waals surface area contributed by atoms with Gasteiger partial charge in [0, 0.05) is 0 Å². The van der Waals surface area contributed by atoms with Crippen molar-refractivity contribution in [2.24, 2.45) is 11.8 Å². The number of rotatable bonds is 13. The van der Waals surface area contributed by atoms with Crippen LogP contribution in [-0.4, -0.2) is 18.8 Å². The quantitative estimate of drug-likeness (QED) is 0.242. The first-order valence-corrected chi connectivity index (χ1v) is 15.3. The Morgan fingerprint density at radius 3 is 1.87 bits per heavy atom. The van der Waals surface area contributed by atoms with E-state index in [0.29, 0.717) is 5.92 Å². The molecule has 4 rings (SSSR count). The maximum Gasteiger partial charge on any atom is 0.421 e. The summed E-state index contributed by atoms with van der Waals surface area (Å²) in [6.45, 7) is 3.78. The zero-order chi connectivity index (χ0) is 26.8. The van der Waals surface area contributed by atoms with Crippen molar-refractivity contribution in [2.45, 2.75) is 122 Å². The Kier molecular flexibility index (Phi) is 11.0. The lowest BCUT2D eigenvalue weighted by molar-refractivity contribution is -0.222. The van der Waals surface area contributed by atoms with E-state index in [1.807, 2.05) is 12.1 Å². The lowest BCUT2D eigenvalue weighted by Crippen LogP contribution is -2.34. The number of alkyl halides is 2. The Hall–Kier alpha value is -1.94. The maximum absolute atomic E-state index is 14.5. The van der Waals surface area contributed by atoms with E-state index in [0.717, 1.165) is 48.6 Å². The van der Waals surface area contributed by atoms with E-state index >= 15 is 0 Å². The minimum absolute atomic E-state index is 0.0799. The van der Waals surface area contributed by atoms with Crippen molar-refractivity contribution < 1.29 is 18.3 Å². The third kappa shape index (κ3) is 8.79. The van der Waals surface area contributed by atoms with Crippen LogP contribution >= 0.6 is 0 Å². The maximum atomic E-state index is 14.5. The van der Waals surface area contributed by atoms with E-state index in [1.165, 1.54) is 69.8 Å². The van der Waals surface area contributed by atoms with Gasteiger partial charge in [-0.1, -0.05) is 88.8 Å². The van der Waals surface area contributed by atoms with Gasteiger partial charge in [0.1, 0.15) is 5.75 Å². The highest BCUT2D eigenvalue weighted by Gasteiger charge is 2.34. The average Bonchev–Trinajstić information content (AvgIpc) is 2.94. The van der Waals surface area contributed by atoms with E-state index in [1.54, 1.807) is 12.1 Å². The second kappa shape index (κ2) is 14.4. The molecule has 0 bridgehead atoms. The summed E-state index contributed by atoms with van der Waals surface area (Å²) in [7, 11) is 0. The van der Waals surface area contributed by atoms with E-state index in [-0.39, 0.29) is 11.9 Å². The monoisotopic (exact) mass is 526 g/mol. The molecule has 2 saturated carbocycles. The van der Waals surface area contributed by atoms with Gasteiger partial charge in [-0.15, -0.1) is 0 Å². The highest BCUT2D eigenvalue weighted by Crippen LogP contribution is 2.38. The van der Waals surface area contributed by atoms with Crippen LogP contribution in [0.2, 0.25) is 0 Å². The molecule has 0 aromatic heterocycles. The molecule has 0 N–H and O–H groups in total. The molecule has 4 heteroatoms. The fraction of sp³-hybridized carbons (Fsp3) is 0.647. The fourth-order valence-electron chi connectivity index (χ4n) is 6.54. The molecule has 0 atom stereocenters. The minimum atomic E-state index is -3.33. The zero-order valence-electron chi connectivity index (χ0n) is 23.6. The number of hydrogen-bond donors (Lipinski definition) is 0. The van der Waals surface area contributed by atoms with Crippen molar-refractivity contribution in [1.29, 1.82) is 0 Å². The zero-order valence-corrected chi connectivity index (χ0v) is 23.6. The number of halogens is 2. The van der Waals surface area contributed by atoms with E-state index in [9.17, 15) is 8.78 Å². The molecular formula is C34H48F2O2. The molecule has 2 aromatic rings. The molecule has 2 fully saturated rings. The lowest BCUT2D eigenvalue weighted by atomic mass is 9.77. The van der Waals surface area contributed by atoms with Crippen LogP contribution in [0.15, 0.2) is 48.5 Å². The van der Waals surface area contributed by atoms with E-state index < -0.39 is 12.7 Å². The van der Waals surface area contributed by atoms with Crippen LogP contribution in [0.1, 0.15) is 115 Å². The molecule has 0 heterocycles. The highest BCUT2D eigenvalue weighted by molar-refractivity contribution is 5.64. The van der Waals surface area contributed by atoms with Crippen molar-refractivity contribution >= 4 is 0 Å². The Balaban J connectivity index is 1.22. The van der Waals surface area contributed by atoms with Crippen molar-refractivity contribution in [3.63, 3.8) is 0 Å². The Morgan fingerprint density at radius 2 is 1.26 bits per heavy atom. The second-order valence-electron chi connectivity index (χ2n) is 11.8. The van der Waals surface area contributed by atoms with Gasteiger partial charge in [-0.3, -0.25) is 0 Å². The topological polar surface area (TPSA) is 18.5 Å². The molecule has 2 aliphatic carbocycles. The predicted molar refractivity (Wildman–Crippen MR) is 153 cm³/mol. The molecule has 2 nitrogen and oxygen atoms in total. The van der Waals surface area contributed by atoms with Crippen LogP contribution in [0.25, 0.3) is 11.1 Å². The van der Waals surface area contributed by atoms with Gasteiger partial charge in [-0.2, -0.15) is 8.78 Å². The van der Waals surface area contributed by atoms with Crippen LogP contribution in [0.3, 0.4) is 0 Å². The van der Waals surface area contributed by atoms with Crippen molar-refractivity contribution in [3.05, 3.63) is 54.1 Å². The summed E-state index contributed by atoms with van der Waals surface area (Å²) < 4.78 is 39.5. The molecule has 0 unspecified atom stereocenters. The van der Waals surface area contributed by atoms with E-state index in [4.69, 9.17) is 9.47 Å². The Morgan fingerprint density at radius 1 is 0.684 bits per heavy atom. The first kappa shape index (κ1) is 29.1. The van der Waals surface area contributed by atoms with Crippen molar-refractivity contribution in [2.75, 3.05) is 6.61 Å². The summed E-state index contributed by atoms with van der Waals surface area (Å²) in [5.74, 6) is 2.48. The smallest absolute Gasteiger partial charge is 0.421 e. The van der Waals surface area contributed by atoms with Crippen LogP contribution in [-0.2, 0) is 4.74 Å². The summed E-state index contributed by atoms with van der Waals surface area (Å²) in [6, 6.07) is 15.8. The standard InChI is InChI=1S/C34H48F2O2/c1-3-5-6-8-27-9-13-28(14-10-27)29-15-17-30(18-16-29)31-19-23-33(24-20-31)38-34(35,36)25-37-32-21-11-26(7-4-2)12-22-32/h15-20,23-24,26-28,32H,3-14,21-22,25H2,1-2H3. The molecule has 210 valence electrons. The molecular weight excluding hydrogens is 478 g/mol. The summed E-state index contributed by atoms with van der Waals surface area (Å²) >= 11 is 0. The molecule has 38 heavy (non-hydrogen) atoms. The average molecular weight is 527 g/mol. The Labute approximate surface area is 229 Å².